The highest BCUT2D eigenvalue weighted by molar-refractivity contribution is 7.89. The van der Waals surface area contributed by atoms with Gasteiger partial charge in [0, 0.05) is 37.5 Å². The van der Waals surface area contributed by atoms with Crippen molar-refractivity contribution in [2.75, 3.05) is 31.1 Å². The van der Waals surface area contributed by atoms with Gasteiger partial charge in [-0.3, -0.25) is 19.7 Å². The number of carbonyl (C=O) groups is 2. The third kappa shape index (κ3) is 5.31. The molecular formula is C23H24ClN3O7S. The normalized spacial score (nSPS) is 17.0. The van der Waals surface area contributed by atoms with E-state index in [2.05, 4.69) is 0 Å². The number of carbonyl (C=O) groups excluding carboxylic acids is 2. The Morgan fingerprint density at radius 2 is 1.83 bits per heavy atom. The summed E-state index contributed by atoms with van der Waals surface area (Å²) in [5, 5.41) is 10.9. The third-order valence-electron chi connectivity index (χ3n) is 6.28. The number of sulfonamides is 1. The first-order valence-corrected chi connectivity index (χ1v) is 13.0. The molecule has 1 saturated heterocycles. The van der Waals surface area contributed by atoms with Crippen molar-refractivity contribution in [3.8, 4) is 0 Å². The maximum atomic E-state index is 13.0. The molecule has 2 aromatic carbocycles. The first-order valence-electron chi connectivity index (χ1n) is 11.2. The van der Waals surface area contributed by atoms with Gasteiger partial charge in [0.2, 0.25) is 10.0 Å². The minimum Gasteiger partial charge on any atom is -0.455 e. The maximum absolute atomic E-state index is 13.0. The van der Waals surface area contributed by atoms with E-state index in [4.69, 9.17) is 16.3 Å². The van der Waals surface area contributed by atoms with Crippen molar-refractivity contribution >= 4 is 44.9 Å². The lowest BCUT2D eigenvalue weighted by molar-refractivity contribution is -0.385. The molecule has 4 rings (SSSR count). The molecule has 0 aromatic heterocycles. The lowest BCUT2D eigenvalue weighted by Gasteiger charge is -2.31. The van der Waals surface area contributed by atoms with Crippen molar-refractivity contribution in [1.29, 1.82) is 0 Å². The average molecular weight is 522 g/mol. The molecule has 0 bridgehead atoms. The number of nitrogens with zero attached hydrogens (tertiary/aromatic N) is 3. The van der Waals surface area contributed by atoms with Crippen molar-refractivity contribution in [3.63, 3.8) is 0 Å². The summed E-state index contributed by atoms with van der Waals surface area (Å²) in [4.78, 5) is 36.9. The molecule has 186 valence electrons. The molecule has 0 saturated carbocycles. The average Bonchev–Trinajstić information content (AvgIpc) is 2.86. The van der Waals surface area contributed by atoms with Crippen LogP contribution < -0.4 is 4.90 Å². The second-order valence-electron chi connectivity index (χ2n) is 8.44. The van der Waals surface area contributed by atoms with E-state index in [1.807, 2.05) is 24.3 Å². The molecular weight excluding hydrogens is 498 g/mol. The molecule has 2 aliphatic rings. The molecule has 35 heavy (non-hydrogen) atoms. The minimum absolute atomic E-state index is 0.0224. The summed E-state index contributed by atoms with van der Waals surface area (Å²) in [5.74, 6) is -1.40. The highest BCUT2D eigenvalue weighted by Gasteiger charge is 2.35. The summed E-state index contributed by atoms with van der Waals surface area (Å²) < 4.78 is 32.4. The SMILES string of the molecule is O=C(OCC(=O)N1CCCc2ccccc21)C1CCN(S(=O)(=O)c2cc([N+](=O)[O-])ccc2Cl)CC1. The fourth-order valence-electron chi connectivity index (χ4n) is 4.40. The molecule has 2 aromatic rings. The van der Waals surface area contributed by atoms with E-state index in [0.29, 0.717) is 6.54 Å². The van der Waals surface area contributed by atoms with Crippen LogP contribution in [-0.4, -0.2) is 55.8 Å². The lowest BCUT2D eigenvalue weighted by Crippen LogP contribution is -2.42. The number of nitro groups is 1. The number of esters is 1. The predicted octanol–water partition coefficient (Wildman–Crippen LogP) is 3.17. The summed E-state index contributed by atoms with van der Waals surface area (Å²) in [6.45, 7) is 0.224. The van der Waals surface area contributed by atoms with Crippen LogP contribution in [0.1, 0.15) is 24.8 Å². The summed E-state index contributed by atoms with van der Waals surface area (Å²) in [7, 11) is -4.08. The number of rotatable bonds is 6. The summed E-state index contributed by atoms with van der Waals surface area (Å²) in [6, 6.07) is 10.9. The summed E-state index contributed by atoms with van der Waals surface area (Å²) in [5.41, 5.74) is 1.53. The van der Waals surface area contributed by atoms with Crippen LogP contribution in [0.3, 0.4) is 0 Å². The lowest BCUT2D eigenvalue weighted by atomic mass is 9.98. The van der Waals surface area contributed by atoms with E-state index in [1.54, 1.807) is 4.90 Å². The minimum atomic E-state index is -4.08. The summed E-state index contributed by atoms with van der Waals surface area (Å²) >= 11 is 6.01. The number of aryl methyl sites for hydroxylation is 1. The van der Waals surface area contributed by atoms with Gasteiger partial charge in [-0.2, -0.15) is 4.31 Å². The Labute approximate surface area is 207 Å². The Balaban J connectivity index is 1.34. The molecule has 0 unspecified atom stereocenters. The number of hydrogen-bond acceptors (Lipinski definition) is 7. The number of piperidine rings is 1. The molecule has 0 atom stereocenters. The third-order valence-corrected chi connectivity index (χ3v) is 8.66. The molecule has 0 radical (unpaired) electrons. The van der Waals surface area contributed by atoms with Gasteiger partial charge in [0.15, 0.2) is 6.61 Å². The Morgan fingerprint density at radius 3 is 2.54 bits per heavy atom. The zero-order valence-corrected chi connectivity index (χ0v) is 20.3. The van der Waals surface area contributed by atoms with Crippen molar-refractivity contribution in [1.82, 2.24) is 4.31 Å². The van der Waals surface area contributed by atoms with Crippen LogP contribution in [0.15, 0.2) is 47.4 Å². The number of hydrogen-bond donors (Lipinski definition) is 0. The molecule has 10 nitrogen and oxygen atoms in total. The molecule has 12 heteroatoms. The number of para-hydroxylation sites is 1. The van der Waals surface area contributed by atoms with Crippen LogP contribution in [0, 0.1) is 16.0 Å². The van der Waals surface area contributed by atoms with Crippen LogP contribution in [0.4, 0.5) is 11.4 Å². The molecule has 2 aliphatic heterocycles. The van der Waals surface area contributed by atoms with Crippen LogP contribution in [0.5, 0.6) is 0 Å². The van der Waals surface area contributed by atoms with Crippen molar-refractivity contribution in [3.05, 3.63) is 63.2 Å². The number of nitro benzene ring substituents is 1. The van der Waals surface area contributed by atoms with Gasteiger partial charge >= 0.3 is 5.97 Å². The van der Waals surface area contributed by atoms with E-state index in [0.717, 1.165) is 40.5 Å². The second-order valence-corrected chi connectivity index (χ2v) is 10.7. The number of benzene rings is 2. The monoisotopic (exact) mass is 521 g/mol. The highest BCUT2D eigenvalue weighted by atomic mass is 35.5. The first-order chi connectivity index (χ1) is 16.7. The smallest absolute Gasteiger partial charge is 0.309 e. The van der Waals surface area contributed by atoms with E-state index in [9.17, 15) is 28.1 Å². The fourth-order valence-corrected chi connectivity index (χ4v) is 6.36. The number of ether oxygens (including phenoxy) is 1. The summed E-state index contributed by atoms with van der Waals surface area (Å²) in [6.07, 6.45) is 2.12. The van der Waals surface area contributed by atoms with Crippen molar-refractivity contribution < 1.29 is 27.7 Å². The standard InChI is InChI=1S/C23H24ClN3O7S/c24-19-8-7-18(27(30)31)14-21(19)35(32,33)25-12-9-17(10-13-25)23(29)34-15-22(28)26-11-3-5-16-4-1-2-6-20(16)26/h1-2,4,6-8,14,17H,3,5,9-13,15H2. The van der Waals surface area contributed by atoms with E-state index < -0.39 is 26.8 Å². The molecule has 1 fully saturated rings. The zero-order valence-electron chi connectivity index (χ0n) is 18.8. The second kappa shape index (κ2) is 10.3. The predicted molar refractivity (Wildman–Crippen MR) is 128 cm³/mol. The number of halogens is 1. The molecule has 0 spiro atoms. The van der Waals surface area contributed by atoms with E-state index in [1.165, 1.54) is 6.07 Å². The molecule has 1 amide bonds. The number of fused-ring (bicyclic) bond motifs is 1. The van der Waals surface area contributed by atoms with Crippen molar-refractivity contribution in [2.45, 2.75) is 30.6 Å². The van der Waals surface area contributed by atoms with E-state index >= 15 is 0 Å². The Hall–Kier alpha value is -3.02. The van der Waals surface area contributed by atoms with Gasteiger partial charge in [-0.1, -0.05) is 29.8 Å². The van der Waals surface area contributed by atoms with Gasteiger partial charge in [0.1, 0.15) is 4.90 Å². The van der Waals surface area contributed by atoms with Gasteiger partial charge in [-0.05, 0) is 43.4 Å². The van der Waals surface area contributed by atoms with Crippen LogP contribution in [0.25, 0.3) is 0 Å². The Morgan fingerprint density at radius 1 is 1.11 bits per heavy atom. The quantitative estimate of drug-likeness (QED) is 0.324. The number of amides is 1. The van der Waals surface area contributed by atoms with Crippen molar-refractivity contribution in [2.24, 2.45) is 5.92 Å². The van der Waals surface area contributed by atoms with Crippen LogP contribution in [-0.2, 0) is 30.8 Å². The first kappa shape index (κ1) is 25.1. The fraction of sp³-hybridized carbons (Fsp3) is 0.391. The Kier molecular flexibility index (Phi) is 7.39. The molecule has 0 N–H and O–H groups in total. The highest BCUT2D eigenvalue weighted by Crippen LogP contribution is 2.31. The zero-order chi connectivity index (χ0) is 25.2. The number of anilines is 1. The van der Waals surface area contributed by atoms with Gasteiger partial charge < -0.3 is 9.64 Å². The molecule has 2 heterocycles. The largest absolute Gasteiger partial charge is 0.455 e. The van der Waals surface area contributed by atoms with E-state index in [-0.39, 0.29) is 54.1 Å². The van der Waals surface area contributed by atoms with Gasteiger partial charge in [-0.15, -0.1) is 0 Å². The maximum Gasteiger partial charge on any atom is 0.309 e. The van der Waals surface area contributed by atoms with Crippen LogP contribution >= 0.6 is 11.6 Å². The number of non-ortho nitro benzene ring substituents is 1. The van der Waals surface area contributed by atoms with Gasteiger partial charge in [0.25, 0.3) is 11.6 Å². The van der Waals surface area contributed by atoms with Gasteiger partial charge in [-0.25, -0.2) is 8.42 Å². The van der Waals surface area contributed by atoms with Gasteiger partial charge in [0.05, 0.1) is 15.9 Å². The van der Waals surface area contributed by atoms with Crippen LogP contribution in [0.2, 0.25) is 5.02 Å². The molecule has 0 aliphatic carbocycles. The topological polar surface area (TPSA) is 127 Å². The Bertz CT molecular complexity index is 1260.